The van der Waals surface area contributed by atoms with Crippen molar-refractivity contribution in [2.45, 2.75) is 6.92 Å². The van der Waals surface area contributed by atoms with E-state index in [2.05, 4.69) is 25.6 Å². The third-order valence-corrected chi connectivity index (χ3v) is 3.41. The summed E-state index contributed by atoms with van der Waals surface area (Å²) in [5.41, 5.74) is 8.44. The first-order chi connectivity index (χ1) is 11.7. The maximum absolute atomic E-state index is 6.19. The second kappa shape index (κ2) is 6.82. The number of benzene rings is 1. The molecule has 7 heteroatoms. The van der Waals surface area contributed by atoms with Gasteiger partial charge in [0.05, 0.1) is 12.8 Å². The van der Waals surface area contributed by atoms with Crippen molar-refractivity contribution < 1.29 is 4.74 Å². The van der Waals surface area contributed by atoms with Crippen molar-refractivity contribution in [1.29, 1.82) is 0 Å². The summed E-state index contributed by atoms with van der Waals surface area (Å²) >= 11 is 0. The van der Waals surface area contributed by atoms with E-state index in [9.17, 15) is 0 Å². The van der Waals surface area contributed by atoms with E-state index in [1.54, 1.807) is 13.3 Å². The standard InChI is InChI=1S/C17H18N6O/c1-11-7-8-19-14(9-11)23-17-15(18)16(20-10-21-17)22-12-5-3-4-6-13(12)24-2/h3-10H,18H2,1-2H3,(H2,19,20,21,22,23). The van der Waals surface area contributed by atoms with E-state index in [0.29, 0.717) is 28.9 Å². The number of rotatable bonds is 5. The number of hydrogen-bond donors (Lipinski definition) is 3. The number of anilines is 5. The number of hydrogen-bond acceptors (Lipinski definition) is 7. The van der Waals surface area contributed by atoms with E-state index in [-0.39, 0.29) is 0 Å². The van der Waals surface area contributed by atoms with Crippen LogP contribution in [0, 0.1) is 6.92 Å². The first kappa shape index (κ1) is 15.5. The van der Waals surface area contributed by atoms with Crippen LogP contribution < -0.4 is 21.1 Å². The molecule has 24 heavy (non-hydrogen) atoms. The van der Waals surface area contributed by atoms with Gasteiger partial charge in [-0.1, -0.05) is 12.1 Å². The summed E-state index contributed by atoms with van der Waals surface area (Å²) in [7, 11) is 1.61. The van der Waals surface area contributed by atoms with Crippen LogP contribution in [0.25, 0.3) is 0 Å². The minimum Gasteiger partial charge on any atom is -0.495 e. The summed E-state index contributed by atoms with van der Waals surface area (Å²) < 4.78 is 5.32. The molecule has 0 bridgehead atoms. The maximum Gasteiger partial charge on any atom is 0.160 e. The highest BCUT2D eigenvalue weighted by molar-refractivity contribution is 5.80. The summed E-state index contributed by atoms with van der Waals surface area (Å²) in [5, 5.41) is 6.28. The van der Waals surface area contributed by atoms with Crippen molar-refractivity contribution in [3.63, 3.8) is 0 Å². The van der Waals surface area contributed by atoms with Gasteiger partial charge in [-0.3, -0.25) is 0 Å². The molecule has 0 saturated heterocycles. The average molecular weight is 322 g/mol. The molecule has 3 rings (SSSR count). The molecule has 0 spiro atoms. The highest BCUT2D eigenvalue weighted by Gasteiger charge is 2.11. The summed E-state index contributed by atoms with van der Waals surface area (Å²) in [6, 6.07) is 11.4. The van der Waals surface area contributed by atoms with E-state index in [1.807, 2.05) is 43.3 Å². The molecule has 122 valence electrons. The summed E-state index contributed by atoms with van der Waals surface area (Å²) in [6.07, 6.45) is 3.16. The number of aryl methyl sites for hydroxylation is 1. The number of ether oxygens (including phenoxy) is 1. The van der Waals surface area contributed by atoms with E-state index >= 15 is 0 Å². The Morgan fingerprint density at radius 2 is 1.75 bits per heavy atom. The molecule has 0 saturated carbocycles. The van der Waals surface area contributed by atoms with Crippen molar-refractivity contribution in [3.05, 3.63) is 54.5 Å². The van der Waals surface area contributed by atoms with Gasteiger partial charge in [-0.2, -0.15) is 0 Å². The van der Waals surface area contributed by atoms with Crippen molar-refractivity contribution >= 4 is 28.8 Å². The van der Waals surface area contributed by atoms with Gasteiger partial charge in [0.1, 0.15) is 23.6 Å². The Labute approximate surface area is 139 Å². The van der Waals surface area contributed by atoms with Crippen LogP contribution in [-0.2, 0) is 0 Å². The number of nitrogens with two attached hydrogens (primary N) is 1. The number of pyridine rings is 1. The van der Waals surface area contributed by atoms with Crippen LogP contribution in [-0.4, -0.2) is 22.1 Å². The molecule has 0 fully saturated rings. The molecule has 0 atom stereocenters. The first-order valence-corrected chi connectivity index (χ1v) is 7.37. The second-order valence-corrected chi connectivity index (χ2v) is 5.15. The zero-order valence-electron chi connectivity index (χ0n) is 13.4. The molecular weight excluding hydrogens is 304 g/mol. The van der Waals surface area contributed by atoms with Crippen LogP contribution in [0.4, 0.5) is 28.8 Å². The lowest BCUT2D eigenvalue weighted by atomic mass is 10.3. The molecule has 0 unspecified atom stereocenters. The van der Waals surface area contributed by atoms with Gasteiger partial charge in [0, 0.05) is 6.20 Å². The monoisotopic (exact) mass is 322 g/mol. The quantitative estimate of drug-likeness (QED) is 0.663. The normalized spacial score (nSPS) is 10.2. The number of methoxy groups -OCH3 is 1. The van der Waals surface area contributed by atoms with Gasteiger partial charge in [0.25, 0.3) is 0 Å². The predicted octanol–water partition coefficient (Wildman–Crippen LogP) is 3.26. The van der Waals surface area contributed by atoms with Crippen LogP contribution in [0.15, 0.2) is 48.9 Å². The van der Waals surface area contributed by atoms with Gasteiger partial charge in [-0.25, -0.2) is 15.0 Å². The summed E-state index contributed by atoms with van der Waals surface area (Å²) in [6.45, 7) is 1.99. The van der Waals surface area contributed by atoms with Gasteiger partial charge in [-0.15, -0.1) is 0 Å². The lowest BCUT2D eigenvalue weighted by Gasteiger charge is -2.14. The summed E-state index contributed by atoms with van der Waals surface area (Å²) in [4.78, 5) is 12.6. The molecular formula is C17H18N6O. The van der Waals surface area contributed by atoms with Crippen LogP contribution in [0.3, 0.4) is 0 Å². The Morgan fingerprint density at radius 3 is 2.50 bits per heavy atom. The number of nitrogens with one attached hydrogen (secondary N) is 2. The van der Waals surface area contributed by atoms with Crippen LogP contribution in [0.2, 0.25) is 0 Å². The Hall–Kier alpha value is -3.35. The van der Waals surface area contributed by atoms with Gasteiger partial charge >= 0.3 is 0 Å². The minimum absolute atomic E-state index is 0.395. The molecule has 3 aromatic rings. The van der Waals surface area contributed by atoms with Gasteiger partial charge < -0.3 is 21.1 Å². The van der Waals surface area contributed by atoms with E-state index in [0.717, 1.165) is 11.3 Å². The molecule has 0 radical (unpaired) electrons. The average Bonchev–Trinajstić information content (AvgIpc) is 2.59. The van der Waals surface area contributed by atoms with E-state index in [1.165, 1.54) is 6.33 Å². The fourth-order valence-corrected chi connectivity index (χ4v) is 2.20. The zero-order chi connectivity index (χ0) is 16.9. The third-order valence-electron chi connectivity index (χ3n) is 3.41. The topological polar surface area (TPSA) is 98.0 Å². The van der Waals surface area contributed by atoms with Crippen molar-refractivity contribution in [2.75, 3.05) is 23.5 Å². The Balaban J connectivity index is 1.88. The fourth-order valence-electron chi connectivity index (χ4n) is 2.20. The second-order valence-electron chi connectivity index (χ2n) is 5.15. The molecule has 7 nitrogen and oxygen atoms in total. The number of nitrogen functional groups attached to an aromatic ring is 1. The Bertz CT molecular complexity index is 852. The zero-order valence-corrected chi connectivity index (χ0v) is 13.4. The highest BCUT2D eigenvalue weighted by atomic mass is 16.5. The molecule has 0 aliphatic carbocycles. The van der Waals surface area contributed by atoms with Gasteiger partial charge in [-0.05, 0) is 36.8 Å². The third kappa shape index (κ3) is 3.35. The molecule has 2 aromatic heterocycles. The van der Waals surface area contributed by atoms with E-state index < -0.39 is 0 Å². The Kier molecular flexibility index (Phi) is 4.42. The minimum atomic E-state index is 0.395. The fraction of sp³-hybridized carbons (Fsp3) is 0.118. The molecule has 0 amide bonds. The lowest BCUT2D eigenvalue weighted by molar-refractivity contribution is 0.417. The highest BCUT2D eigenvalue weighted by Crippen LogP contribution is 2.31. The number of nitrogens with zero attached hydrogens (tertiary/aromatic N) is 3. The number of para-hydroxylation sites is 2. The van der Waals surface area contributed by atoms with E-state index in [4.69, 9.17) is 10.5 Å². The number of aromatic nitrogens is 3. The van der Waals surface area contributed by atoms with Crippen molar-refractivity contribution in [1.82, 2.24) is 15.0 Å². The smallest absolute Gasteiger partial charge is 0.160 e. The van der Waals surface area contributed by atoms with Gasteiger partial charge in [0.15, 0.2) is 11.6 Å². The van der Waals surface area contributed by atoms with Crippen molar-refractivity contribution in [3.8, 4) is 5.75 Å². The van der Waals surface area contributed by atoms with Crippen LogP contribution in [0.5, 0.6) is 5.75 Å². The summed E-state index contributed by atoms with van der Waals surface area (Å²) in [5.74, 6) is 2.35. The lowest BCUT2D eigenvalue weighted by Crippen LogP contribution is -2.06. The first-order valence-electron chi connectivity index (χ1n) is 7.37. The molecule has 1 aromatic carbocycles. The van der Waals surface area contributed by atoms with Crippen LogP contribution >= 0.6 is 0 Å². The predicted molar refractivity (Wildman–Crippen MR) is 95.0 cm³/mol. The Morgan fingerprint density at radius 1 is 1.00 bits per heavy atom. The maximum atomic E-state index is 6.19. The molecule has 4 N–H and O–H groups in total. The molecule has 2 heterocycles. The van der Waals surface area contributed by atoms with Crippen molar-refractivity contribution in [2.24, 2.45) is 0 Å². The molecule has 0 aliphatic heterocycles. The largest absolute Gasteiger partial charge is 0.495 e. The molecule has 0 aliphatic rings. The van der Waals surface area contributed by atoms with Crippen LogP contribution in [0.1, 0.15) is 5.56 Å². The SMILES string of the molecule is COc1ccccc1Nc1ncnc(Nc2cc(C)ccn2)c1N. The van der Waals surface area contributed by atoms with Gasteiger partial charge in [0.2, 0.25) is 0 Å².